The molecule has 1 nitrogen and oxygen atoms in total. The third kappa shape index (κ3) is 2.16. The van der Waals surface area contributed by atoms with Crippen LogP contribution in [0.4, 0.5) is 0 Å². The van der Waals surface area contributed by atoms with Gasteiger partial charge in [-0.25, -0.2) is 0 Å². The largest absolute Gasteiger partial charge is 0.212 e. The Morgan fingerprint density at radius 1 is 1.13 bits per heavy atom. The van der Waals surface area contributed by atoms with Crippen molar-refractivity contribution < 1.29 is 4.57 Å². The molecule has 2 rings (SSSR count). The Bertz CT molecular complexity index is 489. The Morgan fingerprint density at radius 3 is 2.80 bits per heavy atom. The molecule has 0 N–H and O–H groups in total. The fourth-order valence-corrected chi connectivity index (χ4v) is 1.77. The summed E-state index contributed by atoms with van der Waals surface area (Å²) < 4.78 is 2.26. The SMILES string of the molecule is C#CCCC[n+]1cccc2ccccc21. The minimum absolute atomic E-state index is 0.843. The lowest BCUT2D eigenvalue weighted by atomic mass is 10.2. The van der Waals surface area contributed by atoms with Crippen LogP contribution in [-0.4, -0.2) is 0 Å². The van der Waals surface area contributed by atoms with Crippen molar-refractivity contribution in [1.29, 1.82) is 0 Å². The Kier molecular flexibility index (Phi) is 2.99. The Balaban J connectivity index is 2.31. The minimum Gasteiger partial charge on any atom is -0.198 e. The Morgan fingerprint density at radius 2 is 1.93 bits per heavy atom. The summed E-state index contributed by atoms with van der Waals surface area (Å²) >= 11 is 0. The van der Waals surface area contributed by atoms with Gasteiger partial charge in [-0.15, -0.1) is 12.3 Å². The molecule has 0 spiro atoms. The summed E-state index contributed by atoms with van der Waals surface area (Å²) in [6.45, 7) is 0.992. The maximum absolute atomic E-state index is 5.25. The standard InChI is InChI=1S/C14H14N/c1-2-3-6-11-15-12-7-9-13-8-4-5-10-14(13)15/h1,4-5,7-10,12H,3,6,11H2/q+1. The molecule has 0 aliphatic carbocycles. The topological polar surface area (TPSA) is 3.88 Å². The second-order valence-corrected chi connectivity index (χ2v) is 3.57. The third-order valence-electron chi connectivity index (χ3n) is 2.51. The summed E-state index contributed by atoms with van der Waals surface area (Å²) in [5.41, 5.74) is 1.28. The number of hydrogen-bond acceptors (Lipinski definition) is 0. The van der Waals surface area contributed by atoms with Crippen LogP contribution in [0.1, 0.15) is 12.8 Å². The average Bonchev–Trinajstić information content (AvgIpc) is 2.30. The molecule has 0 aliphatic heterocycles. The number of pyridine rings is 1. The molecule has 2 aromatic rings. The molecule has 0 amide bonds. The van der Waals surface area contributed by atoms with Crippen LogP contribution in [0.2, 0.25) is 0 Å². The first kappa shape index (κ1) is 9.73. The van der Waals surface area contributed by atoms with E-state index in [0.717, 1.165) is 19.4 Å². The molecule has 0 aliphatic rings. The Labute approximate surface area is 90.4 Å². The van der Waals surface area contributed by atoms with Crippen molar-refractivity contribution in [2.45, 2.75) is 19.4 Å². The summed E-state index contributed by atoms with van der Waals surface area (Å²) in [6, 6.07) is 12.6. The van der Waals surface area contributed by atoms with Crippen molar-refractivity contribution in [3.63, 3.8) is 0 Å². The summed E-state index contributed by atoms with van der Waals surface area (Å²) in [4.78, 5) is 0. The molecule has 74 valence electrons. The van der Waals surface area contributed by atoms with Gasteiger partial charge < -0.3 is 0 Å². The van der Waals surface area contributed by atoms with Crippen LogP contribution < -0.4 is 4.57 Å². The molecule has 0 saturated heterocycles. The van der Waals surface area contributed by atoms with Crippen LogP contribution in [0.25, 0.3) is 10.9 Å². The van der Waals surface area contributed by atoms with Crippen molar-refractivity contribution in [3.8, 4) is 12.3 Å². The lowest BCUT2D eigenvalue weighted by Gasteiger charge is -1.99. The summed E-state index contributed by atoms with van der Waals surface area (Å²) in [5, 5.41) is 1.28. The van der Waals surface area contributed by atoms with Crippen LogP contribution in [0, 0.1) is 12.3 Å². The number of para-hydroxylation sites is 1. The second-order valence-electron chi connectivity index (χ2n) is 3.57. The molecule has 0 unspecified atom stereocenters. The van der Waals surface area contributed by atoms with Gasteiger partial charge in [0.15, 0.2) is 6.20 Å². The van der Waals surface area contributed by atoms with Crippen LogP contribution in [0.15, 0.2) is 42.6 Å². The van der Waals surface area contributed by atoms with Crippen molar-refractivity contribution in [1.82, 2.24) is 0 Å². The lowest BCUT2D eigenvalue weighted by Crippen LogP contribution is -2.33. The maximum atomic E-state index is 5.25. The highest BCUT2D eigenvalue weighted by Gasteiger charge is 2.05. The molecular weight excluding hydrogens is 182 g/mol. The van der Waals surface area contributed by atoms with E-state index >= 15 is 0 Å². The Hall–Kier alpha value is -1.81. The number of terminal acetylenes is 1. The van der Waals surface area contributed by atoms with Gasteiger partial charge in [0.05, 0.1) is 0 Å². The van der Waals surface area contributed by atoms with Gasteiger partial charge in [0.2, 0.25) is 5.52 Å². The fraction of sp³-hybridized carbons (Fsp3) is 0.214. The zero-order valence-corrected chi connectivity index (χ0v) is 8.69. The van der Waals surface area contributed by atoms with E-state index in [1.807, 2.05) is 0 Å². The summed E-state index contributed by atoms with van der Waals surface area (Å²) in [7, 11) is 0. The second kappa shape index (κ2) is 4.61. The molecule has 1 heterocycles. The zero-order chi connectivity index (χ0) is 10.5. The smallest absolute Gasteiger partial charge is 0.198 e. The highest BCUT2D eigenvalue weighted by molar-refractivity contribution is 5.74. The highest BCUT2D eigenvalue weighted by atomic mass is 14.9. The molecule has 0 fully saturated rings. The first-order valence-corrected chi connectivity index (χ1v) is 5.22. The van der Waals surface area contributed by atoms with Gasteiger partial charge >= 0.3 is 0 Å². The van der Waals surface area contributed by atoms with Gasteiger partial charge in [0.25, 0.3) is 0 Å². The molecule has 15 heavy (non-hydrogen) atoms. The van der Waals surface area contributed by atoms with Gasteiger partial charge in [0, 0.05) is 30.4 Å². The maximum Gasteiger partial charge on any atom is 0.212 e. The molecule has 0 atom stereocenters. The molecule has 1 aromatic carbocycles. The van der Waals surface area contributed by atoms with E-state index in [9.17, 15) is 0 Å². The number of benzene rings is 1. The van der Waals surface area contributed by atoms with E-state index in [1.54, 1.807) is 0 Å². The molecule has 0 radical (unpaired) electrons. The number of fused-ring (bicyclic) bond motifs is 1. The van der Waals surface area contributed by atoms with Crippen molar-refractivity contribution in [3.05, 3.63) is 42.6 Å². The normalized spacial score (nSPS) is 10.1. The van der Waals surface area contributed by atoms with Gasteiger partial charge in [-0.05, 0) is 12.1 Å². The van der Waals surface area contributed by atoms with Gasteiger partial charge in [-0.3, -0.25) is 0 Å². The van der Waals surface area contributed by atoms with Crippen molar-refractivity contribution >= 4 is 10.9 Å². The number of unbranched alkanes of at least 4 members (excludes halogenated alkanes) is 1. The van der Waals surface area contributed by atoms with E-state index in [1.165, 1.54) is 10.9 Å². The lowest BCUT2D eigenvalue weighted by molar-refractivity contribution is -0.671. The number of aromatic nitrogens is 1. The predicted octanol–water partition coefficient (Wildman–Crippen LogP) is 2.54. The number of nitrogens with zero attached hydrogens (tertiary/aromatic N) is 1. The van der Waals surface area contributed by atoms with Crippen molar-refractivity contribution in [2.24, 2.45) is 0 Å². The predicted molar refractivity (Wildman–Crippen MR) is 62.2 cm³/mol. The molecular formula is C14H14N+. The van der Waals surface area contributed by atoms with E-state index in [2.05, 4.69) is 53.1 Å². The molecule has 1 heteroatoms. The van der Waals surface area contributed by atoms with E-state index in [-0.39, 0.29) is 0 Å². The quantitative estimate of drug-likeness (QED) is 0.403. The van der Waals surface area contributed by atoms with Gasteiger partial charge in [0.1, 0.15) is 6.54 Å². The third-order valence-corrected chi connectivity index (χ3v) is 2.51. The molecule has 1 aromatic heterocycles. The summed E-state index contributed by atoms with van der Waals surface area (Å²) in [5.74, 6) is 2.67. The molecule has 0 bridgehead atoms. The first-order valence-electron chi connectivity index (χ1n) is 5.22. The van der Waals surface area contributed by atoms with Gasteiger partial charge in [-0.1, -0.05) is 12.1 Å². The van der Waals surface area contributed by atoms with E-state index in [4.69, 9.17) is 6.42 Å². The first-order chi connectivity index (χ1) is 7.42. The monoisotopic (exact) mass is 196 g/mol. The number of aryl methyl sites for hydroxylation is 1. The number of hydrogen-bond donors (Lipinski definition) is 0. The molecule has 0 saturated carbocycles. The van der Waals surface area contributed by atoms with E-state index < -0.39 is 0 Å². The minimum atomic E-state index is 0.843. The van der Waals surface area contributed by atoms with E-state index in [0.29, 0.717) is 0 Å². The fourth-order valence-electron chi connectivity index (χ4n) is 1.77. The highest BCUT2D eigenvalue weighted by Crippen LogP contribution is 2.07. The van der Waals surface area contributed by atoms with Gasteiger partial charge in [-0.2, -0.15) is 4.57 Å². The van der Waals surface area contributed by atoms with Crippen LogP contribution in [0.5, 0.6) is 0 Å². The average molecular weight is 196 g/mol. The van der Waals surface area contributed by atoms with Crippen LogP contribution in [-0.2, 0) is 6.54 Å². The summed E-state index contributed by atoms with van der Waals surface area (Å²) in [6.07, 6.45) is 9.24. The van der Waals surface area contributed by atoms with Crippen LogP contribution >= 0.6 is 0 Å². The van der Waals surface area contributed by atoms with Crippen LogP contribution in [0.3, 0.4) is 0 Å². The number of rotatable bonds is 3. The zero-order valence-electron chi connectivity index (χ0n) is 8.69. The van der Waals surface area contributed by atoms with Crippen molar-refractivity contribution in [2.75, 3.05) is 0 Å².